The van der Waals surface area contributed by atoms with Crippen LogP contribution in [0.4, 0.5) is 0 Å². The third-order valence-electron chi connectivity index (χ3n) is 1.20. The SMILES string of the molecule is COCc1ccc(C=O)[nH]1. The van der Waals surface area contributed by atoms with E-state index < -0.39 is 0 Å². The highest BCUT2D eigenvalue weighted by Crippen LogP contribution is 1.99. The second-order valence-corrected chi connectivity index (χ2v) is 1.99. The normalized spacial score (nSPS) is 9.70. The molecule has 0 atom stereocenters. The van der Waals surface area contributed by atoms with E-state index >= 15 is 0 Å². The molecule has 0 aliphatic carbocycles. The quantitative estimate of drug-likeness (QED) is 0.634. The average molecular weight is 139 g/mol. The van der Waals surface area contributed by atoms with E-state index in [0.717, 1.165) is 12.0 Å². The summed E-state index contributed by atoms with van der Waals surface area (Å²) in [6, 6.07) is 3.55. The molecule has 0 unspecified atom stereocenters. The lowest BCUT2D eigenvalue weighted by Crippen LogP contribution is -1.87. The Labute approximate surface area is 59.0 Å². The summed E-state index contributed by atoms with van der Waals surface area (Å²) in [7, 11) is 1.61. The van der Waals surface area contributed by atoms with Crippen LogP contribution in [0.25, 0.3) is 0 Å². The van der Waals surface area contributed by atoms with Crippen molar-refractivity contribution < 1.29 is 9.53 Å². The Morgan fingerprint density at radius 3 is 3.00 bits per heavy atom. The largest absolute Gasteiger partial charge is 0.378 e. The number of ether oxygens (including phenoxy) is 1. The third-order valence-corrected chi connectivity index (χ3v) is 1.20. The van der Waals surface area contributed by atoms with Gasteiger partial charge in [-0.05, 0) is 12.1 Å². The van der Waals surface area contributed by atoms with Crippen LogP contribution < -0.4 is 0 Å². The highest BCUT2D eigenvalue weighted by atomic mass is 16.5. The van der Waals surface area contributed by atoms with Gasteiger partial charge in [-0.25, -0.2) is 0 Å². The van der Waals surface area contributed by atoms with Gasteiger partial charge >= 0.3 is 0 Å². The fourth-order valence-electron chi connectivity index (χ4n) is 0.768. The van der Waals surface area contributed by atoms with Crippen LogP contribution in [0.1, 0.15) is 16.2 Å². The molecule has 3 nitrogen and oxygen atoms in total. The first-order chi connectivity index (χ1) is 4.86. The van der Waals surface area contributed by atoms with Crippen LogP contribution in [0.15, 0.2) is 12.1 Å². The predicted octanol–water partition coefficient (Wildman–Crippen LogP) is 0.974. The van der Waals surface area contributed by atoms with Crippen molar-refractivity contribution in [2.24, 2.45) is 0 Å². The second-order valence-electron chi connectivity index (χ2n) is 1.99. The molecule has 1 rings (SSSR count). The minimum atomic E-state index is 0.522. The van der Waals surface area contributed by atoms with E-state index in [4.69, 9.17) is 4.74 Å². The summed E-state index contributed by atoms with van der Waals surface area (Å²) in [6.07, 6.45) is 0.777. The highest BCUT2D eigenvalue weighted by Gasteiger charge is 1.94. The number of methoxy groups -OCH3 is 1. The fraction of sp³-hybridized carbons (Fsp3) is 0.286. The van der Waals surface area contributed by atoms with E-state index in [1.807, 2.05) is 6.07 Å². The lowest BCUT2D eigenvalue weighted by molar-refractivity contribution is 0.111. The van der Waals surface area contributed by atoms with Crippen molar-refractivity contribution in [3.8, 4) is 0 Å². The molecule has 0 fully saturated rings. The van der Waals surface area contributed by atoms with Crippen molar-refractivity contribution in [3.05, 3.63) is 23.5 Å². The Morgan fingerprint density at radius 1 is 1.70 bits per heavy atom. The molecule has 0 aliphatic rings. The maximum atomic E-state index is 10.2. The summed E-state index contributed by atoms with van der Waals surface area (Å²) in [5.41, 5.74) is 1.51. The Morgan fingerprint density at radius 2 is 2.50 bits per heavy atom. The number of aromatic nitrogens is 1. The van der Waals surface area contributed by atoms with Crippen LogP contribution in [-0.2, 0) is 11.3 Å². The summed E-state index contributed by atoms with van der Waals surface area (Å²) >= 11 is 0. The van der Waals surface area contributed by atoms with Gasteiger partial charge in [-0.3, -0.25) is 4.79 Å². The van der Waals surface area contributed by atoms with Gasteiger partial charge in [0.25, 0.3) is 0 Å². The number of H-pyrrole nitrogens is 1. The Balaban J connectivity index is 2.68. The lowest BCUT2D eigenvalue weighted by Gasteiger charge is -1.91. The van der Waals surface area contributed by atoms with Crippen molar-refractivity contribution in [2.45, 2.75) is 6.61 Å². The van der Waals surface area contributed by atoms with Crippen LogP contribution in [0.5, 0.6) is 0 Å². The molecule has 1 aromatic rings. The van der Waals surface area contributed by atoms with Gasteiger partial charge in [0, 0.05) is 12.8 Å². The zero-order chi connectivity index (χ0) is 7.40. The number of aldehydes is 1. The molecule has 0 saturated carbocycles. The molecule has 0 radical (unpaired) electrons. The van der Waals surface area contributed by atoms with Crippen molar-refractivity contribution >= 4 is 6.29 Å². The Hall–Kier alpha value is -1.09. The number of carbonyl (C=O) groups is 1. The zero-order valence-corrected chi connectivity index (χ0v) is 5.76. The smallest absolute Gasteiger partial charge is 0.166 e. The van der Waals surface area contributed by atoms with E-state index in [-0.39, 0.29) is 0 Å². The van der Waals surface area contributed by atoms with Crippen molar-refractivity contribution in [1.82, 2.24) is 4.98 Å². The molecule has 0 aliphatic heterocycles. The first kappa shape index (κ1) is 7.02. The minimum Gasteiger partial charge on any atom is -0.378 e. The summed E-state index contributed by atoms with van der Waals surface area (Å²) in [4.78, 5) is 13.0. The van der Waals surface area contributed by atoms with Gasteiger partial charge in [-0.2, -0.15) is 0 Å². The van der Waals surface area contributed by atoms with Crippen LogP contribution in [-0.4, -0.2) is 18.4 Å². The van der Waals surface area contributed by atoms with Gasteiger partial charge in [0.1, 0.15) is 0 Å². The molecule has 1 N–H and O–H groups in total. The summed E-state index contributed by atoms with van der Waals surface area (Å²) in [5.74, 6) is 0. The maximum absolute atomic E-state index is 10.2. The van der Waals surface area contributed by atoms with Gasteiger partial charge in [0.05, 0.1) is 12.3 Å². The molecule has 54 valence electrons. The number of hydrogen-bond donors (Lipinski definition) is 1. The summed E-state index contributed by atoms with van der Waals surface area (Å²) in [5, 5.41) is 0. The number of rotatable bonds is 3. The molecule has 0 spiro atoms. The van der Waals surface area contributed by atoms with Gasteiger partial charge in [-0.1, -0.05) is 0 Å². The first-order valence-corrected chi connectivity index (χ1v) is 2.99. The first-order valence-electron chi connectivity index (χ1n) is 2.99. The van der Waals surface area contributed by atoms with E-state index in [0.29, 0.717) is 12.3 Å². The fourth-order valence-corrected chi connectivity index (χ4v) is 0.768. The monoisotopic (exact) mass is 139 g/mol. The minimum absolute atomic E-state index is 0.522. The summed E-state index contributed by atoms with van der Waals surface area (Å²) < 4.78 is 4.84. The number of nitrogens with one attached hydrogen (secondary N) is 1. The van der Waals surface area contributed by atoms with Gasteiger partial charge in [-0.15, -0.1) is 0 Å². The lowest BCUT2D eigenvalue weighted by atomic mass is 10.4. The number of hydrogen-bond acceptors (Lipinski definition) is 2. The molecule has 0 aromatic carbocycles. The van der Waals surface area contributed by atoms with Crippen molar-refractivity contribution in [1.29, 1.82) is 0 Å². The number of aromatic amines is 1. The van der Waals surface area contributed by atoms with Crippen LogP contribution in [0.3, 0.4) is 0 Å². The van der Waals surface area contributed by atoms with Gasteiger partial charge in [0.2, 0.25) is 0 Å². The van der Waals surface area contributed by atoms with E-state index in [1.165, 1.54) is 0 Å². The van der Waals surface area contributed by atoms with Gasteiger partial charge in [0.15, 0.2) is 6.29 Å². The third kappa shape index (κ3) is 1.45. The van der Waals surface area contributed by atoms with E-state index in [1.54, 1.807) is 13.2 Å². The standard InChI is InChI=1S/C7H9NO2/c1-10-5-7-3-2-6(4-9)8-7/h2-4,8H,5H2,1H3. The van der Waals surface area contributed by atoms with Crippen LogP contribution in [0.2, 0.25) is 0 Å². The highest BCUT2D eigenvalue weighted by molar-refractivity contribution is 5.71. The van der Waals surface area contributed by atoms with Crippen LogP contribution in [0, 0.1) is 0 Å². The molecular formula is C7H9NO2. The Kier molecular flexibility index (Phi) is 2.23. The second kappa shape index (κ2) is 3.17. The summed E-state index contributed by atoms with van der Waals surface area (Å²) in [6.45, 7) is 0.522. The predicted molar refractivity (Wildman–Crippen MR) is 36.9 cm³/mol. The van der Waals surface area contributed by atoms with E-state index in [2.05, 4.69) is 4.98 Å². The maximum Gasteiger partial charge on any atom is 0.166 e. The average Bonchev–Trinajstić information content (AvgIpc) is 2.37. The zero-order valence-electron chi connectivity index (χ0n) is 5.76. The van der Waals surface area contributed by atoms with Crippen molar-refractivity contribution in [2.75, 3.05) is 7.11 Å². The van der Waals surface area contributed by atoms with Gasteiger partial charge < -0.3 is 9.72 Å². The molecule has 1 aromatic heterocycles. The molecule has 0 bridgehead atoms. The molecule has 0 amide bonds. The molecule has 0 saturated heterocycles. The molecular weight excluding hydrogens is 130 g/mol. The van der Waals surface area contributed by atoms with E-state index in [9.17, 15) is 4.79 Å². The molecule has 10 heavy (non-hydrogen) atoms. The van der Waals surface area contributed by atoms with Crippen LogP contribution >= 0.6 is 0 Å². The van der Waals surface area contributed by atoms with Crippen molar-refractivity contribution in [3.63, 3.8) is 0 Å². The molecule has 3 heteroatoms. The Bertz CT molecular complexity index is 217. The topological polar surface area (TPSA) is 42.1 Å². The number of carbonyl (C=O) groups excluding carboxylic acids is 1. The molecule has 1 heterocycles.